The number of likely N-dealkylation sites (tertiary alicyclic amines) is 1. The van der Waals surface area contributed by atoms with Crippen LogP contribution < -0.4 is 0 Å². The molecular weight excluding hydrogens is 261 g/mol. The van der Waals surface area contributed by atoms with E-state index >= 15 is 0 Å². The Morgan fingerprint density at radius 1 is 1.53 bits per heavy atom. The summed E-state index contributed by atoms with van der Waals surface area (Å²) in [7, 11) is 0. The van der Waals surface area contributed by atoms with Crippen LogP contribution in [0, 0.1) is 0 Å². The van der Waals surface area contributed by atoms with E-state index in [1.807, 2.05) is 0 Å². The van der Waals surface area contributed by atoms with E-state index in [-0.39, 0.29) is 23.3 Å². The summed E-state index contributed by atoms with van der Waals surface area (Å²) in [4.78, 5) is 13.9. The van der Waals surface area contributed by atoms with Crippen molar-refractivity contribution in [2.24, 2.45) is 0 Å². The molecule has 1 amide bonds. The van der Waals surface area contributed by atoms with Gasteiger partial charge in [0.1, 0.15) is 5.75 Å². The van der Waals surface area contributed by atoms with E-state index in [9.17, 15) is 9.90 Å². The Kier molecular flexibility index (Phi) is 3.79. The van der Waals surface area contributed by atoms with Crippen molar-refractivity contribution in [3.8, 4) is 5.75 Å². The summed E-state index contributed by atoms with van der Waals surface area (Å²) in [6.07, 6.45) is 1.86. The van der Waals surface area contributed by atoms with Gasteiger partial charge in [0.05, 0.1) is 5.56 Å². The van der Waals surface area contributed by atoms with Crippen LogP contribution in [0.4, 0.5) is 0 Å². The lowest BCUT2D eigenvalue weighted by Crippen LogP contribution is -2.36. The highest BCUT2D eigenvalue weighted by atomic mass is 35.5. The summed E-state index contributed by atoms with van der Waals surface area (Å²) in [6.45, 7) is 0.683. The molecule has 0 radical (unpaired) electrons. The van der Waals surface area contributed by atoms with Crippen molar-refractivity contribution in [3.05, 3.63) is 28.8 Å². The fourth-order valence-electron chi connectivity index (χ4n) is 2.10. The Hall–Kier alpha value is -0.930. The Labute approximate surface area is 110 Å². The van der Waals surface area contributed by atoms with Crippen molar-refractivity contribution in [2.75, 3.05) is 12.4 Å². The summed E-state index contributed by atoms with van der Waals surface area (Å²) >= 11 is 11.7. The Morgan fingerprint density at radius 2 is 2.29 bits per heavy atom. The zero-order chi connectivity index (χ0) is 12.4. The fraction of sp³-hybridized carbons (Fsp3) is 0.417. The number of alkyl halides is 1. The zero-order valence-electron chi connectivity index (χ0n) is 9.20. The molecule has 1 aromatic rings. The first-order valence-corrected chi connectivity index (χ1v) is 6.40. The standard InChI is InChI=1S/C12H13Cl2NO2/c13-7-9-2-1-5-15(9)12(17)10-6-8(14)3-4-11(10)16/h3-4,6,9,16H,1-2,5,7H2. The van der Waals surface area contributed by atoms with Crippen molar-refractivity contribution in [2.45, 2.75) is 18.9 Å². The van der Waals surface area contributed by atoms with Gasteiger partial charge in [0.15, 0.2) is 0 Å². The summed E-state index contributed by atoms with van der Waals surface area (Å²) < 4.78 is 0. The topological polar surface area (TPSA) is 40.5 Å². The van der Waals surface area contributed by atoms with Crippen LogP contribution in [-0.2, 0) is 0 Å². The first kappa shape index (κ1) is 12.5. The number of rotatable bonds is 2. The van der Waals surface area contributed by atoms with E-state index < -0.39 is 0 Å². The first-order chi connectivity index (χ1) is 8.13. The monoisotopic (exact) mass is 273 g/mol. The van der Waals surface area contributed by atoms with Crippen molar-refractivity contribution in [1.29, 1.82) is 0 Å². The van der Waals surface area contributed by atoms with Gasteiger partial charge in [0.2, 0.25) is 0 Å². The summed E-state index contributed by atoms with van der Waals surface area (Å²) in [5.74, 6) is 0.181. The highest BCUT2D eigenvalue weighted by Crippen LogP contribution is 2.27. The molecule has 1 heterocycles. The van der Waals surface area contributed by atoms with Gasteiger partial charge in [-0.25, -0.2) is 0 Å². The molecule has 1 fully saturated rings. The van der Waals surface area contributed by atoms with Gasteiger partial charge in [-0.1, -0.05) is 11.6 Å². The van der Waals surface area contributed by atoms with Crippen LogP contribution in [0.5, 0.6) is 5.75 Å². The van der Waals surface area contributed by atoms with Gasteiger partial charge in [-0.05, 0) is 31.0 Å². The molecule has 0 aromatic heterocycles. The van der Waals surface area contributed by atoms with Gasteiger partial charge in [0, 0.05) is 23.5 Å². The number of phenols is 1. The number of carbonyl (C=O) groups is 1. The molecule has 1 aromatic carbocycles. The SMILES string of the molecule is O=C(c1cc(Cl)ccc1O)N1CCCC1CCl. The Bertz CT molecular complexity index is 437. The molecular formula is C12H13Cl2NO2. The van der Waals surface area contributed by atoms with Gasteiger partial charge in [-0.3, -0.25) is 4.79 Å². The molecule has 1 unspecified atom stereocenters. The molecule has 17 heavy (non-hydrogen) atoms. The maximum Gasteiger partial charge on any atom is 0.257 e. The second-order valence-electron chi connectivity index (χ2n) is 4.11. The van der Waals surface area contributed by atoms with Gasteiger partial charge in [-0.15, -0.1) is 11.6 Å². The number of aromatic hydroxyl groups is 1. The second kappa shape index (κ2) is 5.15. The predicted molar refractivity (Wildman–Crippen MR) is 67.9 cm³/mol. The number of benzene rings is 1. The maximum absolute atomic E-state index is 12.2. The predicted octanol–water partition coefficient (Wildman–Crippen LogP) is 2.89. The molecule has 1 atom stereocenters. The minimum Gasteiger partial charge on any atom is -0.507 e. The van der Waals surface area contributed by atoms with Gasteiger partial charge < -0.3 is 10.0 Å². The molecule has 92 valence electrons. The van der Waals surface area contributed by atoms with Crippen LogP contribution in [-0.4, -0.2) is 34.4 Å². The van der Waals surface area contributed by atoms with Crippen molar-refractivity contribution in [3.63, 3.8) is 0 Å². The lowest BCUT2D eigenvalue weighted by molar-refractivity contribution is 0.0746. The third-order valence-electron chi connectivity index (χ3n) is 3.01. The van der Waals surface area contributed by atoms with E-state index in [1.54, 1.807) is 11.0 Å². The quantitative estimate of drug-likeness (QED) is 0.842. The average molecular weight is 274 g/mol. The molecule has 0 spiro atoms. The molecule has 2 rings (SSSR count). The molecule has 0 bridgehead atoms. The number of hydrogen-bond acceptors (Lipinski definition) is 2. The van der Waals surface area contributed by atoms with Crippen LogP contribution in [0.3, 0.4) is 0 Å². The number of hydrogen-bond donors (Lipinski definition) is 1. The van der Waals surface area contributed by atoms with E-state index in [1.165, 1.54) is 12.1 Å². The molecule has 1 aliphatic rings. The third-order valence-corrected chi connectivity index (χ3v) is 3.60. The number of phenolic OH excluding ortho intramolecular Hbond substituents is 1. The van der Waals surface area contributed by atoms with Crippen LogP contribution >= 0.6 is 23.2 Å². The van der Waals surface area contributed by atoms with E-state index in [2.05, 4.69) is 0 Å². The fourth-order valence-corrected chi connectivity index (χ4v) is 2.59. The number of halogens is 2. The summed E-state index contributed by atoms with van der Waals surface area (Å²) in [5, 5.41) is 10.1. The molecule has 5 heteroatoms. The van der Waals surface area contributed by atoms with Crippen LogP contribution in [0.15, 0.2) is 18.2 Å². The van der Waals surface area contributed by atoms with Gasteiger partial charge in [0.25, 0.3) is 5.91 Å². The molecule has 1 aliphatic heterocycles. The van der Waals surface area contributed by atoms with Crippen molar-refractivity contribution >= 4 is 29.1 Å². The van der Waals surface area contributed by atoms with Crippen molar-refractivity contribution < 1.29 is 9.90 Å². The molecule has 0 aliphatic carbocycles. The highest BCUT2D eigenvalue weighted by molar-refractivity contribution is 6.31. The first-order valence-electron chi connectivity index (χ1n) is 5.49. The van der Waals surface area contributed by atoms with Gasteiger partial charge >= 0.3 is 0 Å². The molecule has 3 nitrogen and oxygen atoms in total. The number of nitrogens with zero attached hydrogens (tertiary/aromatic N) is 1. The van der Waals surface area contributed by atoms with E-state index in [0.29, 0.717) is 17.4 Å². The largest absolute Gasteiger partial charge is 0.507 e. The molecule has 1 N–H and O–H groups in total. The zero-order valence-corrected chi connectivity index (χ0v) is 10.7. The average Bonchev–Trinajstić information content (AvgIpc) is 2.79. The lowest BCUT2D eigenvalue weighted by Gasteiger charge is -2.23. The summed E-state index contributed by atoms with van der Waals surface area (Å²) in [6, 6.07) is 4.53. The second-order valence-corrected chi connectivity index (χ2v) is 4.86. The molecule has 1 saturated heterocycles. The maximum atomic E-state index is 12.2. The van der Waals surface area contributed by atoms with Crippen LogP contribution in [0.2, 0.25) is 5.02 Å². The number of carbonyl (C=O) groups excluding carboxylic acids is 1. The van der Waals surface area contributed by atoms with Crippen LogP contribution in [0.1, 0.15) is 23.2 Å². The Balaban J connectivity index is 2.27. The van der Waals surface area contributed by atoms with Crippen LogP contribution in [0.25, 0.3) is 0 Å². The minimum absolute atomic E-state index is 0.0420. The highest BCUT2D eigenvalue weighted by Gasteiger charge is 2.29. The van der Waals surface area contributed by atoms with Gasteiger partial charge in [-0.2, -0.15) is 0 Å². The summed E-state index contributed by atoms with van der Waals surface area (Å²) in [5.41, 5.74) is 0.245. The van der Waals surface area contributed by atoms with E-state index in [4.69, 9.17) is 23.2 Å². The normalized spacial score (nSPS) is 19.6. The minimum atomic E-state index is -0.201. The number of amides is 1. The molecule has 0 saturated carbocycles. The van der Waals surface area contributed by atoms with E-state index in [0.717, 1.165) is 12.8 Å². The van der Waals surface area contributed by atoms with Crippen molar-refractivity contribution in [1.82, 2.24) is 4.90 Å². The Morgan fingerprint density at radius 3 is 3.00 bits per heavy atom. The lowest BCUT2D eigenvalue weighted by atomic mass is 10.1. The third kappa shape index (κ3) is 2.50. The smallest absolute Gasteiger partial charge is 0.257 e.